The standard InChI is InChI=1S/C21H19F2N7O3S/c22-18(23)20-27-26-19(33-20)17-5-4-15(34-17)11-30-12-16(25-28-30)13-2-1-3-14(10-13)24-21(31)29-6-8-32-9-7-29/h1-5,10,12,18H,6-9,11H2,(H,24,31). The van der Waals surface area contributed by atoms with E-state index < -0.39 is 12.3 Å². The number of carbonyl (C=O) groups is 1. The molecular weight excluding hydrogens is 468 g/mol. The van der Waals surface area contributed by atoms with Gasteiger partial charge in [-0.1, -0.05) is 17.3 Å². The monoisotopic (exact) mass is 487 g/mol. The molecule has 13 heteroatoms. The highest BCUT2D eigenvalue weighted by Gasteiger charge is 2.19. The van der Waals surface area contributed by atoms with Crippen LogP contribution in [-0.2, 0) is 11.3 Å². The normalized spacial score (nSPS) is 14.0. The first kappa shape index (κ1) is 22.1. The fraction of sp³-hybridized carbons (Fsp3) is 0.286. The first-order valence-corrected chi connectivity index (χ1v) is 11.2. The number of carbonyl (C=O) groups excluding carboxylic acids is 1. The number of ether oxygens (including phenoxy) is 1. The Morgan fingerprint density at radius 3 is 2.79 bits per heavy atom. The third-order valence-electron chi connectivity index (χ3n) is 5.06. The molecule has 1 fully saturated rings. The number of nitrogens with zero attached hydrogens (tertiary/aromatic N) is 6. The molecule has 4 aromatic rings. The van der Waals surface area contributed by atoms with Crippen molar-refractivity contribution in [1.29, 1.82) is 0 Å². The van der Waals surface area contributed by atoms with Crippen LogP contribution in [0.25, 0.3) is 22.0 Å². The summed E-state index contributed by atoms with van der Waals surface area (Å²) in [6, 6.07) is 10.8. The minimum Gasteiger partial charge on any atom is -0.414 e. The minimum atomic E-state index is -2.81. The molecule has 1 saturated heterocycles. The molecule has 1 N–H and O–H groups in total. The van der Waals surface area contributed by atoms with Crippen molar-refractivity contribution in [2.24, 2.45) is 0 Å². The maximum atomic E-state index is 12.7. The number of aromatic nitrogens is 5. The molecule has 0 spiro atoms. The molecule has 0 radical (unpaired) electrons. The fourth-order valence-electron chi connectivity index (χ4n) is 3.39. The lowest BCUT2D eigenvalue weighted by Gasteiger charge is -2.26. The maximum Gasteiger partial charge on any atom is 0.321 e. The molecule has 0 bridgehead atoms. The van der Waals surface area contributed by atoms with Crippen molar-refractivity contribution in [3.05, 3.63) is 53.4 Å². The SMILES string of the molecule is O=C(Nc1cccc(-c2cn(Cc3ccc(-c4nnc(C(F)F)o4)s3)nn2)c1)N1CCOCC1. The third-order valence-corrected chi connectivity index (χ3v) is 6.12. The van der Waals surface area contributed by atoms with Gasteiger partial charge >= 0.3 is 12.5 Å². The van der Waals surface area contributed by atoms with E-state index >= 15 is 0 Å². The summed E-state index contributed by atoms with van der Waals surface area (Å²) >= 11 is 1.34. The second-order valence-electron chi connectivity index (χ2n) is 7.42. The third kappa shape index (κ3) is 4.94. The molecule has 3 aromatic heterocycles. The van der Waals surface area contributed by atoms with Gasteiger partial charge in [0.05, 0.1) is 30.8 Å². The van der Waals surface area contributed by atoms with Crippen LogP contribution in [0.1, 0.15) is 17.2 Å². The summed E-state index contributed by atoms with van der Waals surface area (Å²) in [6.45, 7) is 2.62. The Morgan fingerprint density at radius 2 is 2.00 bits per heavy atom. The quantitative estimate of drug-likeness (QED) is 0.439. The number of halogens is 2. The molecule has 1 aliphatic rings. The van der Waals surface area contributed by atoms with E-state index in [1.807, 2.05) is 30.3 Å². The number of hydrogen-bond donors (Lipinski definition) is 1. The lowest BCUT2D eigenvalue weighted by Crippen LogP contribution is -2.43. The van der Waals surface area contributed by atoms with Gasteiger partial charge in [0, 0.05) is 29.2 Å². The molecule has 1 aromatic carbocycles. The van der Waals surface area contributed by atoms with Crippen molar-refractivity contribution in [3.8, 4) is 22.0 Å². The van der Waals surface area contributed by atoms with Crippen LogP contribution < -0.4 is 5.32 Å². The highest BCUT2D eigenvalue weighted by Crippen LogP contribution is 2.30. The average molecular weight is 487 g/mol. The average Bonchev–Trinajstić information content (AvgIpc) is 3.61. The number of benzene rings is 1. The summed E-state index contributed by atoms with van der Waals surface area (Å²) < 4.78 is 37.3. The number of morpholine rings is 1. The van der Waals surface area contributed by atoms with Crippen LogP contribution in [0.5, 0.6) is 0 Å². The van der Waals surface area contributed by atoms with Gasteiger partial charge < -0.3 is 19.4 Å². The number of urea groups is 1. The Bertz CT molecular complexity index is 1280. The maximum absolute atomic E-state index is 12.7. The number of amides is 2. The molecular formula is C21H19F2N7O3S. The summed E-state index contributed by atoms with van der Waals surface area (Å²) in [5.41, 5.74) is 2.12. The van der Waals surface area contributed by atoms with Crippen LogP contribution in [0.4, 0.5) is 19.3 Å². The van der Waals surface area contributed by atoms with Crippen molar-refractivity contribution >= 4 is 23.1 Å². The van der Waals surface area contributed by atoms with E-state index in [0.29, 0.717) is 49.1 Å². The van der Waals surface area contributed by atoms with Crippen molar-refractivity contribution in [3.63, 3.8) is 0 Å². The molecule has 176 valence electrons. The number of hydrogen-bond acceptors (Lipinski definition) is 8. The first-order chi connectivity index (χ1) is 16.5. The number of alkyl halides is 2. The van der Waals surface area contributed by atoms with Crippen LogP contribution >= 0.6 is 11.3 Å². The van der Waals surface area contributed by atoms with E-state index in [9.17, 15) is 13.6 Å². The van der Waals surface area contributed by atoms with Crippen molar-refractivity contribution in [1.82, 2.24) is 30.1 Å². The van der Waals surface area contributed by atoms with E-state index in [4.69, 9.17) is 9.15 Å². The topological polar surface area (TPSA) is 111 Å². The van der Waals surface area contributed by atoms with Gasteiger partial charge in [-0.25, -0.2) is 9.48 Å². The van der Waals surface area contributed by atoms with Crippen LogP contribution in [0.2, 0.25) is 0 Å². The predicted molar refractivity (Wildman–Crippen MR) is 119 cm³/mol. The predicted octanol–water partition coefficient (Wildman–Crippen LogP) is 3.91. The number of thiophene rings is 1. The van der Waals surface area contributed by atoms with E-state index in [1.54, 1.807) is 21.8 Å². The van der Waals surface area contributed by atoms with Gasteiger partial charge in [-0.15, -0.1) is 26.6 Å². The second-order valence-corrected chi connectivity index (χ2v) is 8.59. The Labute approximate surface area is 196 Å². The zero-order chi connectivity index (χ0) is 23.5. The van der Waals surface area contributed by atoms with Gasteiger partial charge in [-0.05, 0) is 24.3 Å². The van der Waals surface area contributed by atoms with Crippen molar-refractivity contribution in [2.75, 3.05) is 31.6 Å². The molecule has 1 aliphatic heterocycles. The van der Waals surface area contributed by atoms with Gasteiger partial charge in [0.2, 0.25) is 0 Å². The van der Waals surface area contributed by atoms with Crippen LogP contribution in [-0.4, -0.2) is 62.4 Å². The van der Waals surface area contributed by atoms with Crippen molar-refractivity contribution in [2.45, 2.75) is 13.0 Å². The van der Waals surface area contributed by atoms with E-state index in [2.05, 4.69) is 25.8 Å². The summed E-state index contributed by atoms with van der Waals surface area (Å²) in [7, 11) is 0. The number of rotatable bonds is 6. The molecule has 4 heterocycles. The van der Waals surface area contributed by atoms with Crippen LogP contribution in [0.3, 0.4) is 0 Å². The number of anilines is 1. The lowest BCUT2D eigenvalue weighted by molar-refractivity contribution is 0.0564. The zero-order valence-corrected chi connectivity index (χ0v) is 18.5. The highest BCUT2D eigenvalue weighted by molar-refractivity contribution is 7.15. The first-order valence-electron chi connectivity index (χ1n) is 10.4. The molecule has 0 atom stereocenters. The van der Waals surface area contributed by atoms with Gasteiger partial charge in [0.1, 0.15) is 5.69 Å². The Balaban J connectivity index is 1.25. The number of nitrogens with one attached hydrogen (secondary N) is 1. The Hall–Kier alpha value is -3.71. The molecule has 0 unspecified atom stereocenters. The van der Waals surface area contributed by atoms with Crippen LogP contribution in [0.15, 0.2) is 47.0 Å². The Morgan fingerprint density at radius 1 is 1.15 bits per heavy atom. The molecule has 2 amide bonds. The largest absolute Gasteiger partial charge is 0.414 e. The second kappa shape index (κ2) is 9.65. The molecule has 34 heavy (non-hydrogen) atoms. The zero-order valence-electron chi connectivity index (χ0n) is 17.7. The summed E-state index contributed by atoms with van der Waals surface area (Å²) in [5, 5.41) is 18.3. The summed E-state index contributed by atoms with van der Waals surface area (Å²) in [4.78, 5) is 15.7. The van der Waals surface area contributed by atoms with Crippen molar-refractivity contribution < 1.29 is 22.7 Å². The highest BCUT2D eigenvalue weighted by atomic mass is 32.1. The minimum absolute atomic E-state index is 0.0572. The van der Waals surface area contributed by atoms with Gasteiger partial charge in [-0.3, -0.25) is 0 Å². The summed E-state index contributed by atoms with van der Waals surface area (Å²) in [6.07, 6.45) is -1.01. The van der Waals surface area contributed by atoms with Gasteiger partial charge in [-0.2, -0.15) is 8.78 Å². The summed E-state index contributed by atoms with van der Waals surface area (Å²) in [5.74, 6) is -0.643. The van der Waals surface area contributed by atoms with E-state index in [1.165, 1.54) is 11.3 Å². The Kier molecular flexibility index (Phi) is 6.27. The molecule has 5 rings (SSSR count). The van der Waals surface area contributed by atoms with Gasteiger partial charge in [0.25, 0.3) is 11.8 Å². The molecule has 0 aliphatic carbocycles. The van der Waals surface area contributed by atoms with E-state index in [-0.39, 0.29) is 11.9 Å². The van der Waals surface area contributed by atoms with E-state index in [0.717, 1.165) is 10.4 Å². The molecule has 10 nitrogen and oxygen atoms in total. The fourth-order valence-corrected chi connectivity index (χ4v) is 4.31. The smallest absolute Gasteiger partial charge is 0.321 e. The molecule has 0 saturated carbocycles. The van der Waals surface area contributed by atoms with Gasteiger partial charge in [0.15, 0.2) is 0 Å². The lowest BCUT2D eigenvalue weighted by atomic mass is 10.1. The van der Waals surface area contributed by atoms with Crippen LogP contribution in [0, 0.1) is 0 Å².